The summed E-state index contributed by atoms with van der Waals surface area (Å²) in [5.74, 6) is -0.702. The fraction of sp³-hybridized carbons (Fsp3) is 0.933. The standard InChI is InChI=1S/C15H31NO2/c1-5-6-7-8-9-10-12-16(15(2,3)4)13-11-14(17)18/h5-13H2,1-4H3,(H,17,18). The van der Waals surface area contributed by atoms with Gasteiger partial charge in [-0.3, -0.25) is 9.69 Å². The third-order valence-corrected chi connectivity index (χ3v) is 3.33. The summed E-state index contributed by atoms with van der Waals surface area (Å²) in [6.45, 7) is 10.4. The van der Waals surface area contributed by atoms with Crippen molar-refractivity contribution in [2.75, 3.05) is 13.1 Å². The van der Waals surface area contributed by atoms with Crippen LogP contribution in [0, 0.1) is 0 Å². The molecular weight excluding hydrogens is 226 g/mol. The summed E-state index contributed by atoms with van der Waals surface area (Å²) in [6, 6.07) is 0. The van der Waals surface area contributed by atoms with Crippen LogP contribution in [-0.2, 0) is 4.79 Å². The lowest BCUT2D eigenvalue weighted by atomic mass is 10.0. The van der Waals surface area contributed by atoms with E-state index in [4.69, 9.17) is 5.11 Å². The molecule has 1 N–H and O–H groups in total. The highest BCUT2D eigenvalue weighted by Crippen LogP contribution is 2.15. The first kappa shape index (κ1) is 17.4. The monoisotopic (exact) mass is 257 g/mol. The Morgan fingerprint density at radius 1 is 1.00 bits per heavy atom. The normalized spacial score (nSPS) is 12.1. The van der Waals surface area contributed by atoms with E-state index in [2.05, 4.69) is 32.6 Å². The molecule has 0 aromatic heterocycles. The van der Waals surface area contributed by atoms with E-state index in [1.54, 1.807) is 0 Å². The van der Waals surface area contributed by atoms with Gasteiger partial charge in [-0.05, 0) is 33.7 Å². The number of carbonyl (C=O) groups is 1. The summed E-state index contributed by atoms with van der Waals surface area (Å²) in [5, 5.41) is 8.77. The third kappa shape index (κ3) is 9.46. The number of aliphatic carboxylic acids is 1. The van der Waals surface area contributed by atoms with E-state index in [1.165, 1.54) is 38.5 Å². The lowest BCUT2D eigenvalue weighted by Gasteiger charge is -2.35. The fourth-order valence-electron chi connectivity index (χ4n) is 2.10. The fourth-order valence-corrected chi connectivity index (χ4v) is 2.10. The molecule has 0 aromatic rings. The highest BCUT2D eigenvalue weighted by molar-refractivity contribution is 5.66. The highest BCUT2D eigenvalue weighted by atomic mass is 16.4. The molecule has 3 nitrogen and oxygen atoms in total. The molecule has 0 heterocycles. The van der Waals surface area contributed by atoms with Gasteiger partial charge in [-0.15, -0.1) is 0 Å². The quantitative estimate of drug-likeness (QED) is 0.603. The number of unbranched alkanes of at least 4 members (excludes halogenated alkanes) is 5. The molecule has 0 radical (unpaired) electrons. The number of carboxylic acid groups (broad SMARTS) is 1. The van der Waals surface area contributed by atoms with Crippen LogP contribution in [0.5, 0.6) is 0 Å². The van der Waals surface area contributed by atoms with Crippen LogP contribution >= 0.6 is 0 Å². The smallest absolute Gasteiger partial charge is 0.304 e. The molecule has 18 heavy (non-hydrogen) atoms. The molecule has 0 saturated carbocycles. The first-order chi connectivity index (χ1) is 8.38. The Hall–Kier alpha value is -0.570. The van der Waals surface area contributed by atoms with Crippen molar-refractivity contribution in [3.63, 3.8) is 0 Å². The first-order valence-corrected chi connectivity index (χ1v) is 7.34. The van der Waals surface area contributed by atoms with Gasteiger partial charge in [0.25, 0.3) is 0 Å². The lowest BCUT2D eigenvalue weighted by molar-refractivity contribution is -0.137. The zero-order chi connectivity index (χ0) is 14.0. The van der Waals surface area contributed by atoms with Crippen molar-refractivity contribution in [1.29, 1.82) is 0 Å². The van der Waals surface area contributed by atoms with E-state index in [1.807, 2.05) is 0 Å². The number of hydrogen-bond donors (Lipinski definition) is 1. The summed E-state index contributed by atoms with van der Waals surface area (Å²) < 4.78 is 0. The van der Waals surface area contributed by atoms with E-state index in [0.29, 0.717) is 6.54 Å². The van der Waals surface area contributed by atoms with Gasteiger partial charge in [-0.25, -0.2) is 0 Å². The average molecular weight is 257 g/mol. The molecule has 3 heteroatoms. The molecule has 0 spiro atoms. The lowest BCUT2D eigenvalue weighted by Crippen LogP contribution is -2.43. The molecule has 0 aromatic carbocycles. The second kappa shape index (κ2) is 9.37. The molecule has 108 valence electrons. The minimum Gasteiger partial charge on any atom is -0.481 e. The van der Waals surface area contributed by atoms with E-state index in [9.17, 15) is 4.79 Å². The second-order valence-electron chi connectivity index (χ2n) is 6.07. The van der Waals surface area contributed by atoms with Gasteiger partial charge in [0.05, 0.1) is 6.42 Å². The van der Waals surface area contributed by atoms with E-state index < -0.39 is 5.97 Å². The third-order valence-electron chi connectivity index (χ3n) is 3.33. The van der Waals surface area contributed by atoms with Crippen molar-refractivity contribution < 1.29 is 9.90 Å². The molecule has 0 bridgehead atoms. The van der Waals surface area contributed by atoms with Gasteiger partial charge in [-0.2, -0.15) is 0 Å². The molecule has 0 rings (SSSR count). The Morgan fingerprint density at radius 3 is 2.06 bits per heavy atom. The van der Waals surface area contributed by atoms with Gasteiger partial charge >= 0.3 is 5.97 Å². The summed E-state index contributed by atoms with van der Waals surface area (Å²) in [7, 11) is 0. The highest BCUT2D eigenvalue weighted by Gasteiger charge is 2.20. The Labute approximate surface area is 113 Å². The zero-order valence-corrected chi connectivity index (χ0v) is 12.7. The van der Waals surface area contributed by atoms with E-state index >= 15 is 0 Å². The largest absolute Gasteiger partial charge is 0.481 e. The van der Waals surface area contributed by atoms with Crippen molar-refractivity contribution in [2.24, 2.45) is 0 Å². The van der Waals surface area contributed by atoms with Gasteiger partial charge in [-0.1, -0.05) is 39.0 Å². The van der Waals surface area contributed by atoms with Gasteiger partial charge in [0.15, 0.2) is 0 Å². The minimum atomic E-state index is -0.702. The van der Waals surface area contributed by atoms with Gasteiger partial charge in [0, 0.05) is 12.1 Å². The number of nitrogens with zero attached hydrogens (tertiary/aromatic N) is 1. The molecule has 0 aliphatic carbocycles. The Kier molecular flexibility index (Phi) is 9.08. The van der Waals surface area contributed by atoms with Crippen LogP contribution in [0.4, 0.5) is 0 Å². The maximum absolute atomic E-state index is 10.7. The summed E-state index contributed by atoms with van der Waals surface area (Å²) >= 11 is 0. The van der Waals surface area contributed by atoms with Crippen LogP contribution < -0.4 is 0 Å². The molecule has 0 saturated heterocycles. The molecule has 0 amide bonds. The maximum Gasteiger partial charge on any atom is 0.304 e. The van der Waals surface area contributed by atoms with E-state index in [-0.39, 0.29) is 12.0 Å². The van der Waals surface area contributed by atoms with E-state index in [0.717, 1.165) is 6.54 Å². The molecule has 0 fully saturated rings. The Balaban J connectivity index is 3.84. The molecule has 0 aliphatic rings. The van der Waals surface area contributed by atoms with Crippen molar-refractivity contribution in [1.82, 2.24) is 4.90 Å². The van der Waals surface area contributed by atoms with Crippen molar-refractivity contribution in [3.8, 4) is 0 Å². The summed E-state index contributed by atoms with van der Waals surface area (Å²) in [6.07, 6.45) is 7.95. The predicted octanol–water partition coefficient (Wildman–Crippen LogP) is 3.92. The Morgan fingerprint density at radius 2 is 1.56 bits per heavy atom. The molecular formula is C15H31NO2. The van der Waals surface area contributed by atoms with Crippen molar-refractivity contribution in [2.45, 2.75) is 78.2 Å². The summed E-state index contributed by atoms with van der Waals surface area (Å²) in [5.41, 5.74) is 0.0683. The molecule has 0 aliphatic heterocycles. The first-order valence-electron chi connectivity index (χ1n) is 7.34. The van der Waals surface area contributed by atoms with Crippen LogP contribution in [0.2, 0.25) is 0 Å². The van der Waals surface area contributed by atoms with Crippen LogP contribution in [0.3, 0.4) is 0 Å². The molecule has 0 unspecified atom stereocenters. The second-order valence-corrected chi connectivity index (χ2v) is 6.07. The summed E-state index contributed by atoms with van der Waals surface area (Å²) in [4.78, 5) is 12.9. The molecule has 0 atom stereocenters. The van der Waals surface area contributed by atoms with Crippen LogP contribution in [0.15, 0.2) is 0 Å². The number of rotatable bonds is 10. The van der Waals surface area contributed by atoms with Gasteiger partial charge < -0.3 is 5.11 Å². The topological polar surface area (TPSA) is 40.5 Å². The van der Waals surface area contributed by atoms with Crippen LogP contribution in [0.1, 0.15) is 72.6 Å². The van der Waals surface area contributed by atoms with Crippen molar-refractivity contribution >= 4 is 5.97 Å². The van der Waals surface area contributed by atoms with Gasteiger partial charge in [0.1, 0.15) is 0 Å². The van der Waals surface area contributed by atoms with Gasteiger partial charge in [0.2, 0.25) is 0 Å². The SMILES string of the molecule is CCCCCCCCN(CCC(=O)O)C(C)(C)C. The predicted molar refractivity (Wildman–Crippen MR) is 77.0 cm³/mol. The maximum atomic E-state index is 10.7. The van der Waals surface area contributed by atoms with Crippen LogP contribution in [-0.4, -0.2) is 34.6 Å². The zero-order valence-electron chi connectivity index (χ0n) is 12.7. The average Bonchev–Trinajstić information content (AvgIpc) is 2.25. The minimum absolute atomic E-state index is 0.0683. The number of hydrogen-bond acceptors (Lipinski definition) is 2. The van der Waals surface area contributed by atoms with Crippen LogP contribution in [0.25, 0.3) is 0 Å². The van der Waals surface area contributed by atoms with Crippen molar-refractivity contribution in [3.05, 3.63) is 0 Å². The number of carboxylic acids is 1. The Bertz CT molecular complexity index is 221.